The van der Waals surface area contributed by atoms with Crippen LogP contribution in [0.2, 0.25) is 0 Å². The maximum absolute atomic E-state index is 13.0. The molecule has 0 saturated carbocycles. The number of hydrogen-bond donors (Lipinski definition) is 1. The van der Waals surface area contributed by atoms with Gasteiger partial charge in [-0.1, -0.05) is 42.5 Å². The Labute approximate surface area is 183 Å². The summed E-state index contributed by atoms with van der Waals surface area (Å²) in [5.74, 6) is -0.517. The maximum atomic E-state index is 13.0. The predicted molar refractivity (Wildman–Crippen MR) is 118 cm³/mol. The van der Waals surface area contributed by atoms with Crippen molar-refractivity contribution in [3.8, 4) is 0 Å². The van der Waals surface area contributed by atoms with E-state index < -0.39 is 26.0 Å². The second kappa shape index (κ2) is 9.73. The van der Waals surface area contributed by atoms with Crippen LogP contribution in [0.1, 0.15) is 15.9 Å². The molecule has 0 unspecified atom stereocenters. The second-order valence-corrected chi connectivity index (χ2v) is 11.0. The molecule has 0 aromatic heterocycles. The number of piperazine rings is 1. The van der Waals surface area contributed by atoms with Crippen LogP contribution in [0.25, 0.3) is 0 Å². The zero-order chi connectivity index (χ0) is 22.5. The Bertz CT molecular complexity index is 1140. The predicted octanol–water partition coefficient (Wildman–Crippen LogP) is 1.44. The van der Waals surface area contributed by atoms with Crippen LogP contribution in [-0.2, 0) is 25.8 Å². The Morgan fingerprint density at radius 3 is 2.23 bits per heavy atom. The summed E-state index contributed by atoms with van der Waals surface area (Å²) < 4.78 is 54.0. The topological polar surface area (TPSA) is 104 Å². The maximum Gasteiger partial charge on any atom is 0.251 e. The van der Waals surface area contributed by atoms with E-state index in [2.05, 4.69) is 11.9 Å². The molecule has 1 aliphatic heterocycles. The Balaban J connectivity index is 1.68. The highest BCUT2D eigenvalue weighted by atomic mass is 32.2. The minimum Gasteiger partial charge on any atom is -0.349 e. The van der Waals surface area contributed by atoms with Crippen LogP contribution in [-0.4, -0.2) is 64.1 Å². The van der Waals surface area contributed by atoms with Gasteiger partial charge in [0.1, 0.15) is 0 Å². The summed E-state index contributed by atoms with van der Waals surface area (Å²) >= 11 is 0. The lowest BCUT2D eigenvalue weighted by Crippen LogP contribution is -2.50. The molecule has 1 fully saturated rings. The molecule has 1 N–H and O–H groups in total. The molecule has 0 spiro atoms. The van der Waals surface area contributed by atoms with Gasteiger partial charge in [0.2, 0.25) is 20.0 Å². The van der Waals surface area contributed by atoms with Crippen LogP contribution in [0, 0.1) is 0 Å². The van der Waals surface area contributed by atoms with Gasteiger partial charge >= 0.3 is 0 Å². The van der Waals surface area contributed by atoms with Gasteiger partial charge < -0.3 is 5.32 Å². The lowest BCUT2D eigenvalue weighted by molar-refractivity contribution is 0.0957. The van der Waals surface area contributed by atoms with E-state index in [0.29, 0.717) is 5.56 Å². The van der Waals surface area contributed by atoms with E-state index in [9.17, 15) is 21.6 Å². The molecule has 1 heterocycles. The molecular weight excluding hydrogens is 438 g/mol. The lowest BCUT2D eigenvalue weighted by atomic mass is 10.2. The van der Waals surface area contributed by atoms with Crippen LogP contribution in [0.4, 0.5) is 0 Å². The van der Waals surface area contributed by atoms with E-state index in [4.69, 9.17) is 0 Å². The van der Waals surface area contributed by atoms with E-state index >= 15 is 0 Å². The molecule has 0 atom stereocenters. The van der Waals surface area contributed by atoms with Crippen molar-refractivity contribution in [2.45, 2.75) is 10.6 Å². The summed E-state index contributed by atoms with van der Waals surface area (Å²) in [6, 6.07) is 14.7. The highest BCUT2D eigenvalue weighted by molar-refractivity contribution is 7.89. The smallest absolute Gasteiger partial charge is 0.251 e. The molecule has 166 valence electrons. The SMILES string of the molecule is C=CCNC(=O)c1cccc(S(=O)(=O)N2CCN(S(=O)(=O)Cc3ccccc3)CC2)c1. The molecule has 2 aromatic rings. The van der Waals surface area contributed by atoms with Crippen molar-refractivity contribution in [3.63, 3.8) is 0 Å². The molecule has 0 bridgehead atoms. The van der Waals surface area contributed by atoms with E-state index in [-0.39, 0.29) is 48.9 Å². The number of nitrogens with one attached hydrogen (secondary N) is 1. The third kappa shape index (κ3) is 5.59. The van der Waals surface area contributed by atoms with Crippen molar-refractivity contribution in [1.29, 1.82) is 0 Å². The summed E-state index contributed by atoms with van der Waals surface area (Å²) in [4.78, 5) is 12.1. The number of sulfonamides is 2. The summed E-state index contributed by atoms with van der Waals surface area (Å²) in [7, 11) is -7.40. The normalized spacial score (nSPS) is 16.0. The van der Waals surface area contributed by atoms with Gasteiger partial charge in [-0.15, -0.1) is 6.58 Å². The first-order valence-corrected chi connectivity index (χ1v) is 12.8. The number of amides is 1. The molecular formula is C21H25N3O5S2. The zero-order valence-corrected chi connectivity index (χ0v) is 18.6. The van der Waals surface area contributed by atoms with Gasteiger partial charge in [0.15, 0.2) is 0 Å². The average molecular weight is 464 g/mol. The van der Waals surface area contributed by atoms with Gasteiger partial charge in [-0.3, -0.25) is 4.79 Å². The molecule has 1 saturated heterocycles. The van der Waals surface area contributed by atoms with Crippen molar-refractivity contribution < 1.29 is 21.6 Å². The summed E-state index contributed by atoms with van der Waals surface area (Å²) in [5.41, 5.74) is 0.913. The van der Waals surface area contributed by atoms with Gasteiger partial charge in [0.25, 0.3) is 5.91 Å². The van der Waals surface area contributed by atoms with E-state index in [1.807, 2.05) is 6.07 Å². The second-order valence-electron chi connectivity index (χ2n) is 7.07. The van der Waals surface area contributed by atoms with Gasteiger partial charge in [0, 0.05) is 38.3 Å². The van der Waals surface area contributed by atoms with Crippen LogP contribution in [0.5, 0.6) is 0 Å². The fourth-order valence-corrected chi connectivity index (χ4v) is 6.26. The number of carbonyl (C=O) groups excluding carboxylic acids is 1. The first kappa shape index (κ1) is 23.1. The average Bonchev–Trinajstić information content (AvgIpc) is 2.78. The first-order chi connectivity index (χ1) is 14.7. The summed E-state index contributed by atoms with van der Waals surface area (Å²) in [5, 5.41) is 2.61. The monoisotopic (exact) mass is 463 g/mol. The summed E-state index contributed by atoms with van der Waals surface area (Å²) in [6.45, 7) is 4.04. The van der Waals surface area contributed by atoms with E-state index in [0.717, 1.165) is 0 Å². The van der Waals surface area contributed by atoms with E-state index in [1.54, 1.807) is 24.3 Å². The first-order valence-electron chi connectivity index (χ1n) is 9.75. The van der Waals surface area contributed by atoms with Crippen LogP contribution in [0.15, 0.2) is 72.1 Å². The molecule has 0 radical (unpaired) electrons. The Kier molecular flexibility index (Phi) is 7.26. The standard InChI is InChI=1S/C21H25N3O5S2/c1-2-11-22-21(25)19-9-6-10-20(16-19)31(28,29)24-14-12-23(13-15-24)30(26,27)17-18-7-4-3-5-8-18/h2-10,16H,1,11-15,17H2,(H,22,25). The Hall–Kier alpha value is -2.53. The largest absolute Gasteiger partial charge is 0.349 e. The van der Waals surface area contributed by atoms with Gasteiger partial charge in [-0.2, -0.15) is 8.61 Å². The number of benzene rings is 2. The lowest BCUT2D eigenvalue weighted by Gasteiger charge is -2.33. The Morgan fingerprint density at radius 2 is 1.58 bits per heavy atom. The van der Waals surface area contributed by atoms with E-state index in [1.165, 1.54) is 39.0 Å². The molecule has 31 heavy (non-hydrogen) atoms. The highest BCUT2D eigenvalue weighted by Crippen LogP contribution is 2.21. The van der Waals surface area contributed by atoms with Crippen LogP contribution in [0.3, 0.4) is 0 Å². The van der Waals surface area contributed by atoms with Crippen LogP contribution >= 0.6 is 0 Å². The molecule has 0 aliphatic carbocycles. The minimum absolute atomic E-state index is 0.000606. The van der Waals surface area contributed by atoms with Crippen molar-refractivity contribution >= 4 is 26.0 Å². The number of carbonyl (C=O) groups is 1. The quantitative estimate of drug-likeness (QED) is 0.597. The molecule has 10 heteroatoms. The Morgan fingerprint density at radius 1 is 0.935 bits per heavy atom. The summed E-state index contributed by atoms with van der Waals surface area (Å²) in [6.07, 6.45) is 1.53. The van der Waals surface area contributed by atoms with Crippen molar-refractivity contribution in [3.05, 3.63) is 78.4 Å². The third-order valence-electron chi connectivity index (χ3n) is 4.92. The fraction of sp³-hybridized carbons (Fsp3) is 0.286. The highest BCUT2D eigenvalue weighted by Gasteiger charge is 2.33. The number of rotatable bonds is 8. The van der Waals surface area contributed by atoms with Crippen molar-refractivity contribution in [2.24, 2.45) is 0 Å². The van der Waals surface area contributed by atoms with Gasteiger partial charge in [0.05, 0.1) is 10.6 Å². The zero-order valence-electron chi connectivity index (χ0n) is 17.0. The molecule has 3 rings (SSSR count). The van der Waals surface area contributed by atoms with Crippen LogP contribution < -0.4 is 5.32 Å². The van der Waals surface area contributed by atoms with Gasteiger partial charge in [-0.25, -0.2) is 16.8 Å². The van der Waals surface area contributed by atoms with Crippen molar-refractivity contribution in [2.75, 3.05) is 32.7 Å². The third-order valence-corrected chi connectivity index (χ3v) is 8.67. The minimum atomic E-state index is -3.85. The van der Waals surface area contributed by atoms with Crippen molar-refractivity contribution in [1.82, 2.24) is 13.9 Å². The molecule has 1 amide bonds. The molecule has 2 aromatic carbocycles. The number of nitrogens with zero attached hydrogens (tertiary/aromatic N) is 2. The fourth-order valence-electron chi connectivity index (χ4n) is 3.28. The van der Waals surface area contributed by atoms with Gasteiger partial charge in [-0.05, 0) is 23.8 Å². The molecule has 8 nitrogen and oxygen atoms in total. The molecule has 1 aliphatic rings. The number of hydrogen-bond acceptors (Lipinski definition) is 5.